The smallest absolute Gasteiger partial charge is 0.223 e. The van der Waals surface area contributed by atoms with E-state index in [0.29, 0.717) is 18.2 Å². The summed E-state index contributed by atoms with van der Waals surface area (Å²) in [4.78, 5) is 15.1. The molecule has 3 aliphatic rings. The molecule has 2 fully saturated rings. The molecule has 0 radical (unpaired) electrons. The largest absolute Gasteiger partial charge is 0.332 e. The van der Waals surface area contributed by atoms with Crippen LogP contribution in [0.4, 0.5) is 0 Å². The molecule has 154 valence electrons. The lowest BCUT2D eigenvalue weighted by Gasteiger charge is -2.36. The molecule has 1 unspecified atom stereocenters. The highest BCUT2D eigenvalue weighted by atomic mass is 35.5. The minimum Gasteiger partial charge on any atom is -0.332 e. The van der Waals surface area contributed by atoms with Gasteiger partial charge in [0.1, 0.15) is 5.82 Å². The van der Waals surface area contributed by atoms with Crippen molar-refractivity contribution in [2.75, 3.05) is 19.6 Å². The summed E-state index contributed by atoms with van der Waals surface area (Å²) in [5, 5.41) is 12.3. The number of fused-ring (bicyclic) bond motifs is 1. The average Bonchev–Trinajstić information content (AvgIpc) is 3.11. The van der Waals surface area contributed by atoms with Crippen molar-refractivity contribution in [2.45, 2.75) is 76.8 Å². The number of nitrogens with zero attached hydrogens (tertiary/aromatic N) is 4. The van der Waals surface area contributed by atoms with Gasteiger partial charge in [-0.15, -0.1) is 35.0 Å². The third-order valence-electron chi connectivity index (χ3n) is 6.23. The molecule has 0 spiro atoms. The summed E-state index contributed by atoms with van der Waals surface area (Å²) < 4.78 is 2.30. The second-order valence-corrected chi connectivity index (χ2v) is 7.91. The number of carbonyl (C=O) groups excluding carboxylic acids is 1. The Balaban J connectivity index is 0.00000131. The number of carbonyl (C=O) groups is 1. The molecule has 4 heterocycles. The second-order valence-electron chi connectivity index (χ2n) is 7.91. The number of aromatic nitrogens is 3. The van der Waals surface area contributed by atoms with Gasteiger partial charge in [0, 0.05) is 25.9 Å². The second kappa shape index (κ2) is 10.6. The molecule has 3 aliphatic heterocycles. The van der Waals surface area contributed by atoms with Gasteiger partial charge in [-0.2, -0.15) is 0 Å². The number of hydrogen-bond acceptors (Lipinski definition) is 4. The molecule has 1 amide bonds. The van der Waals surface area contributed by atoms with Crippen molar-refractivity contribution in [3.63, 3.8) is 0 Å². The van der Waals surface area contributed by atoms with E-state index in [1.54, 1.807) is 0 Å². The molecular formula is C19H33Cl2N5O. The summed E-state index contributed by atoms with van der Waals surface area (Å²) in [6.45, 7) is 4.12. The van der Waals surface area contributed by atoms with E-state index in [1.807, 2.05) is 0 Å². The molecule has 1 atom stereocenters. The number of rotatable bonds is 4. The van der Waals surface area contributed by atoms with E-state index in [1.165, 1.54) is 32.1 Å². The van der Waals surface area contributed by atoms with Gasteiger partial charge in [-0.05, 0) is 70.4 Å². The van der Waals surface area contributed by atoms with E-state index in [9.17, 15) is 4.79 Å². The lowest BCUT2D eigenvalue weighted by Crippen LogP contribution is -2.40. The SMILES string of the molecule is Cl.Cl.O=C(CCC1CCNCC1)N1CCCCC1c1nnc2n1CCCC2. The molecule has 2 saturated heterocycles. The Labute approximate surface area is 174 Å². The molecule has 8 heteroatoms. The van der Waals surface area contributed by atoms with Crippen LogP contribution in [-0.4, -0.2) is 45.2 Å². The maximum Gasteiger partial charge on any atom is 0.223 e. The van der Waals surface area contributed by atoms with Gasteiger partial charge < -0.3 is 14.8 Å². The van der Waals surface area contributed by atoms with Crippen LogP contribution in [0.1, 0.15) is 75.5 Å². The van der Waals surface area contributed by atoms with Gasteiger partial charge in [0.05, 0.1) is 6.04 Å². The van der Waals surface area contributed by atoms with Crippen LogP contribution in [0.3, 0.4) is 0 Å². The highest BCUT2D eigenvalue weighted by Gasteiger charge is 2.33. The summed E-state index contributed by atoms with van der Waals surface area (Å²) >= 11 is 0. The Bertz CT molecular complexity index is 603. The van der Waals surface area contributed by atoms with Gasteiger partial charge >= 0.3 is 0 Å². The summed E-state index contributed by atoms with van der Waals surface area (Å²) in [7, 11) is 0. The molecule has 0 aromatic carbocycles. The van der Waals surface area contributed by atoms with Crippen molar-refractivity contribution in [2.24, 2.45) is 5.92 Å². The maximum absolute atomic E-state index is 13.0. The van der Waals surface area contributed by atoms with Crippen molar-refractivity contribution in [3.8, 4) is 0 Å². The fourth-order valence-electron chi connectivity index (χ4n) is 4.72. The molecule has 0 aliphatic carbocycles. The zero-order chi connectivity index (χ0) is 17.1. The summed E-state index contributed by atoms with van der Waals surface area (Å²) in [5.74, 6) is 3.21. The third kappa shape index (κ3) is 5.15. The first-order chi connectivity index (χ1) is 12.3. The van der Waals surface area contributed by atoms with Crippen molar-refractivity contribution < 1.29 is 4.79 Å². The fraction of sp³-hybridized carbons (Fsp3) is 0.842. The van der Waals surface area contributed by atoms with E-state index < -0.39 is 0 Å². The Morgan fingerprint density at radius 3 is 2.59 bits per heavy atom. The maximum atomic E-state index is 13.0. The zero-order valence-electron chi connectivity index (χ0n) is 16.1. The minimum atomic E-state index is 0. The van der Waals surface area contributed by atoms with Gasteiger partial charge in [0.2, 0.25) is 5.91 Å². The first-order valence-corrected chi connectivity index (χ1v) is 10.2. The van der Waals surface area contributed by atoms with Crippen molar-refractivity contribution in [3.05, 3.63) is 11.6 Å². The van der Waals surface area contributed by atoms with Crippen molar-refractivity contribution in [1.82, 2.24) is 25.0 Å². The number of nitrogens with one attached hydrogen (secondary N) is 1. The van der Waals surface area contributed by atoms with Gasteiger partial charge in [-0.25, -0.2) is 0 Å². The molecule has 1 aromatic rings. The van der Waals surface area contributed by atoms with E-state index in [-0.39, 0.29) is 30.9 Å². The van der Waals surface area contributed by atoms with E-state index in [4.69, 9.17) is 0 Å². The van der Waals surface area contributed by atoms with Crippen LogP contribution in [0, 0.1) is 5.92 Å². The highest BCUT2D eigenvalue weighted by molar-refractivity contribution is 5.85. The Morgan fingerprint density at radius 1 is 1.00 bits per heavy atom. The van der Waals surface area contributed by atoms with Gasteiger partial charge in [0.15, 0.2) is 5.82 Å². The number of hydrogen-bond donors (Lipinski definition) is 1. The Kier molecular flexibility index (Phi) is 8.83. The number of amides is 1. The van der Waals surface area contributed by atoms with Crippen LogP contribution in [0.15, 0.2) is 0 Å². The summed E-state index contributed by atoms with van der Waals surface area (Å²) in [6, 6.07) is 0.147. The van der Waals surface area contributed by atoms with Crippen LogP contribution in [0.2, 0.25) is 0 Å². The molecular weight excluding hydrogens is 385 g/mol. The van der Waals surface area contributed by atoms with Gasteiger partial charge in [-0.3, -0.25) is 4.79 Å². The Morgan fingerprint density at radius 2 is 1.78 bits per heavy atom. The van der Waals surface area contributed by atoms with Crippen LogP contribution >= 0.6 is 24.8 Å². The van der Waals surface area contributed by atoms with Gasteiger partial charge in [0.25, 0.3) is 0 Å². The van der Waals surface area contributed by atoms with Crippen molar-refractivity contribution in [1.29, 1.82) is 0 Å². The number of aryl methyl sites for hydroxylation is 1. The van der Waals surface area contributed by atoms with E-state index >= 15 is 0 Å². The number of likely N-dealkylation sites (tertiary alicyclic amines) is 1. The standard InChI is InChI=1S/C19H31N5O.2ClH/c25-18(8-7-15-9-11-20-12-10-15)23-13-3-1-5-16(23)19-22-21-17-6-2-4-14-24(17)19;;/h15-16,20H,1-14H2;2*1H. The number of piperidine rings is 2. The Hall–Kier alpha value is -0.850. The first kappa shape index (κ1) is 22.4. The molecule has 0 saturated carbocycles. The lowest BCUT2D eigenvalue weighted by atomic mass is 9.92. The fourth-order valence-corrected chi connectivity index (χ4v) is 4.72. The zero-order valence-corrected chi connectivity index (χ0v) is 17.7. The van der Waals surface area contributed by atoms with Crippen LogP contribution in [-0.2, 0) is 17.8 Å². The molecule has 0 bridgehead atoms. The molecule has 27 heavy (non-hydrogen) atoms. The topological polar surface area (TPSA) is 63.1 Å². The quantitative estimate of drug-likeness (QED) is 0.815. The summed E-state index contributed by atoms with van der Waals surface area (Å²) in [5.41, 5.74) is 0. The van der Waals surface area contributed by atoms with Crippen LogP contribution in [0.5, 0.6) is 0 Å². The lowest BCUT2D eigenvalue weighted by molar-refractivity contribution is -0.135. The highest BCUT2D eigenvalue weighted by Crippen LogP contribution is 2.32. The molecule has 4 rings (SSSR count). The molecule has 1 N–H and O–H groups in total. The average molecular weight is 418 g/mol. The van der Waals surface area contributed by atoms with Crippen molar-refractivity contribution >= 4 is 30.7 Å². The molecule has 1 aromatic heterocycles. The first-order valence-electron chi connectivity index (χ1n) is 10.2. The third-order valence-corrected chi connectivity index (χ3v) is 6.23. The van der Waals surface area contributed by atoms with Crippen LogP contribution in [0.25, 0.3) is 0 Å². The molecule has 6 nitrogen and oxygen atoms in total. The van der Waals surface area contributed by atoms with Crippen LogP contribution < -0.4 is 5.32 Å². The van der Waals surface area contributed by atoms with Gasteiger partial charge in [-0.1, -0.05) is 0 Å². The predicted octanol–water partition coefficient (Wildman–Crippen LogP) is 3.29. The van der Waals surface area contributed by atoms with E-state index in [2.05, 4.69) is 25.0 Å². The predicted molar refractivity (Wildman–Crippen MR) is 111 cm³/mol. The van der Waals surface area contributed by atoms with E-state index in [0.717, 1.165) is 63.5 Å². The monoisotopic (exact) mass is 417 g/mol. The number of halogens is 2. The normalized spacial score (nSPS) is 23.1. The minimum absolute atomic E-state index is 0. The summed E-state index contributed by atoms with van der Waals surface area (Å²) in [6.07, 6.45) is 11.0.